The molecule has 19 nitrogen and oxygen atoms in total. The Labute approximate surface area is 341 Å². The van der Waals surface area contributed by atoms with Crippen molar-refractivity contribution in [3.8, 4) is 17.2 Å². The lowest BCUT2D eigenvalue weighted by Crippen LogP contribution is -2.36. The third kappa shape index (κ3) is 11.6. The summed E-state index contributed by atoms with van der Waals surface area (Å²) >= 11 is 12.5. The number of oxime groups is 1. The number of aromatic amines is 1. The number of phenols is 2. The number of halogens is 2. The second-order valence-corrected chi connectivity index (χ2v) is 15.1. The summed E-state index contributed by atoms with van der Waals surface area (Å²) in [6.07, 6.45) is 0.704. The summed E-state index contributed by atoms with van der Waals surface area (Å²) in [4.78, 5) is 57.4. The third-order valence-electron chi connectivity index (χ3n) is 8.97. The highest BCUT2D eigenvalue weighted by molar-refractivity contribution is 7.47. The summed E-state index contributed by atoms with van der Waals surface area (Å²) < 4.78 is 40.3. The minimum atomic E-state index is -4.73. The van der Waals surface area contributed by atoms with Gasteiger partial charge in [0.15, 0.2) is 17.6 Å². The van der Waals surface area contributed by atoms with E-state index in [4.69, 9.17) is 51.3 Å². The Balaban J connectivity index is 1.58. The monoisotopic (exact) mass is 874 g/mol. The number of rotatable bonds is 20. The van der Waals surface area contributed by atoms with Gasteiger partial charge in [-0.2, -0.15) is 0 Å². The minimum absolute atomic E-state index is 0.00533. The van der Waals surface area contributed by atoms with Crippen LogP contribution < -0.4 is 21.3 Å². The molecule has 0 spiro atoms. The van der Waals surface area contributed by atoms with Crippen molar-refractivity contribution in [3.63, 3.8) is 0 Å². The van der Waals surface area contributed by atoms with E-state index in [1.165, 1.54) is 38.5 Å². The van der Waals surface area contributed by atoms with Crippen LogP contribution in [0, 0.1) is 5.92 Å². The second-order valence-electron chi connectivity index (χ2n) is 12.8. The first-order chi connectivity index (χ1) is 27.6. The van der Waals surface area contributed by atoms with Gasteiger partial charge in [-0.25, -0.2) is 9.36 Å². The summed E-state index contributed by atoms with van der Waals surface area (Å²) in [6, 6.07) is 3.98. The maximum atomic E-state index is 13.2. The van der Waals surface area contributed by atoms with E-state index < -0.39 is 68.2 Å². The molecule has 318 valence electrons. The molecule has 22 heteroatoms. The Morgan fingerprint density at radius 3 is 2.55 bits per heavy atom. The van der Waals surface area contributed by atoms with Crippen LogP contribution in [0.3, 0.4) is 0 Å². The number of aromatic nitrogens is 2. The average Bonchev–Trinajstić information content (AvgIpc) is 3.60. The molecule has 1 aliphatic rings. The van der Waals surface area contributed by atoms with E-state index >= 15 is 0 Å². The molecule has 1 aliphatic heterocycles. The van der Waals surface area contributed by atoms with Crippen LogP contribution in [0.25, 0.3) is 5.76 Å². The lowest BCUT2D eigenvalue weighted by atomic mass is 9.98. The topological polar surface area (TPSA) is 270 Å². The number of aryl methyl sites for hydroxylation is 1. The quantitative estimate of drug-likeness (QED) is 0.0364. The number of ether oxygens (including phenoxy) is 3. The fourth-order valence-corrected chi connectivity index (χ4v) is 7.19. The molecule has 0 saturated carbocycles. The average molecular weight is 876 g/mol. The van der Waals surface area contributed by atoms with Crippen LogP contribution in [-0.2, 0) is 40.9 Å². The highest BCUT2D eigenvalue weighted by Crippen LogP contribution is 2.45. The zero-order valence-electron chi connectivity index (χ0n) is 31.8. The number of methoxy groups -OCH3 is 2. The van der Waals surface area contributed by atoms with E-state index in [-0.39, 0.29) is 76.7 Å². The van der Waals surface area contributed by atoms with Crippen molar-refractivity contribution in [1.82, 2.24) is 14.9 Å². The van der Waals surface area contributed by atoms with Gasteiger partial charge in [0.1, 0.15) is 23.8 Å². The Morgan fingerprint density at radius 2 is 1.90 bits per heavy atom. The SMILES string of the molecule is C/C=C(/O)c1cc(C(=O)NCc2cn(C3C[C@@H](O/N=C/c4c(Cl)cc(OC)c(O)c4Cl)C(COP(=O)(O)OC[C@H](CCO)COC)O3)c(=O)[nH]c2=O)c(O)cc1CC. The van der Waals surface area contributed by atoms with E-state index in [2.05, 4.69) is 15.5 Å². The molecule has 0 radical (unpaired) electrons. The number of nitrogens with zero attached hydrogens (tertiary/aromatic N) is 2. The number of phosphoric acid groups is 1. The van der Waals surface area contributed by atoms with Gasteiger partial charge >= 0.3 is 13.5 Å². The molecule has 1 aromatic heterocycles. The van der Waals surface area contributed by atoms with Gasteiger partial charge in [-0.3, -0.25) is 28.2 Å². The summed E-state index contributed by atoms with van der Waals surface area (Å²) in [5.41, 5.74) is -1.03. The maximum Gasteiger partial charge on any atom is 0.472 e. The Bertz CT molecular complexity index is 2160. The van der Waals surface area contributed by atoms with Crippen molar-refractivity contribution in [2.45, 2.75) is 58.1 Å². The van der Waals surface area contributed by atoms with Gasteiger partial charge in [-0.05, 0) is 43.5 Å². The van der Waals surface area contributed by atoms with Gasteiger partial charge in [-0.15, -0.1) is 0 Å². The van der Waals surface area contributed by atoms with Crippen molar-refractivity contribution < 1.29 is 62.8 Å². The number of aliphatic hydroxyl groups excluding tert-OH is 2. The van der Waals surface area contributed by atoms with Crippen LogP contribution in [0.4, 0.5) is 0 Å². The van der Waals surface area contributed by atoms with E-state index in [1.807, 2.05) is 6.92 Å². The molecular weight excluding hydrogens is 830 g/mol. The largest absolute Gasteiger partial charge is 0.508 e. The van der Waals surface area contributed by atoms with Crippen LogP contribution in [0.15, 0.2) is 45.2 Å². The lowest BCUT2D eigenvalue weighted by molar-refractivity contribution is -0.0620. The fraction of sp³-hybridized carbons (Fsp3) is 0.444. The van der Waals surface area contributed by atoms with Crippen LogP contribution in [-0.4, -0.2) is 99.8 Å². The lowest BCUT2D eigenvalue weighted by Gasteiger charge is -2.21. The first-order valence-electron chi connectivity index (χ1n) is 17.7. The number of hydrogen-bond acceptors (Lipinski definition) is 15. The highest BCUT2D eigenvalue weighted by Gasteiger charge is 2.41. The van der Waals surface area contributed by atoms with Crippen molar-refractivity contribution in [2.24, 2.45) is 11.1 Å². The molecule has 1 saturated heterocycles. The number of aliphatic hydroxyl groups is 2. The molecule has 58 heavy (non-hydrogen) atoms. The molecule has 0 aliphatic carbocycles. The number of phosphoric ester groups is 1. The standard InChI is InChI=1S/C36H45Cl2N4O15P/c1-5-20-9-27(45)23(10-22(20)26(44)6-2)35(48)39-13-21-15-42(36(49)41-34(21)47)31-12-28(57-40-14-24-25(37)11-29(53-4)33(46)32(24)38)30(56-31)18-55-58(50,51)54-17-19(7-8-43)16-52-3/h6,9-11,14-15,19,28,30-31,43-46H,5,7-8,12-13,16-18H2,1-4H3,(H,39,48)(H,50,51)(H,41,47,49)/b26-6+,40-14+/t19-,28-,30?,31?/m1/s1. The number of aromatic hydroxyl groups is 2. The maximum absolute atomic E-state index is 13.2. The summed E-state index contributed by atoms with van der Waals surface area (Å²) in [6.45, 7) is 2.01. The number of phenolic OH excluding ortho intramolecular Hbond substituents is 2. The second kappa shape index (κ2) is 21.0. The molecule has 1 fully saturated rings. The van der Waals surface area contributed by atoms with E-state index in [9.17, 15) is 44.3 Å². The van der Waals surface area contributed by atoms with Crippen molar-refractivity contribution in [1.29, 1.82) is 0 Å². The number of allylic oxidation sites excluding steroid dienone is 1. The molecule has 3 aromatic rings. The molecule has 7 N–H and O–H groups in total. The smallest absolute Gasteiger partial charge is 0.472 e. The predicted molar refractivity (Wildman–Crippen MR) is 211 cm³/mol. The van der Waals surface area contributed by atoms with E-state index in [0.29, 0.717) is 17.5 Å². The van der Waals surface area contributed by atoms with Crippen molar-refractivity contribution >= 4 is 48.9 Å². The number of hydrogen-bond donors (Lipinski definition) is 7. The zero-order valence-corrected chi connectivity index (χ0v) is 34.3. The van der Waals surface area contributed by atoms with Gasteiger partial charge in [-0.1, -0.05) is 35.3 Å². The van der Waals surface area contributed by atoms with Gasteiger partial charge in [0.25, 0.3) is 11.5 Å². The third-order valence-corrected chi connectivity index (χ3v) is 10.6. The van der Waals surface area contributed by atoms with Crippen LogP contribution in [0.1, 0.15) is 65.5 Å². The van der Waals surface area contributed by atoms with Gasteiger partial charge < -0.3 is 49.7 Å². The molecule has 2 aromatic carbocycles. The number of carbonyl (C=O) groups excluding carboxylic acids is 1. The van der Waals surface area contributed by atoms with Gasteiger partial charge in [0.05, 0.1) is 60.9 Å². The normalized spacial score (nSPS) is 18.6. The molecule has 5 atom stereocenters. The number of nitrogens with one attached hydrogen (secondary N) is 2. The first-order valence-corrected chi connectivity index (χ1v) is 20.0. The molecule has 1 amide bonds. The van der Waals surface area contributed by atoms with Gasteiger partial charge in [0, 0.05) is 49.4 Å². The van der Waals surface area contributed by atoms with E-state index in [1.54, 1.807) is 6.92 Å². The van der Waals surface area contributed by atoms with Crippen LogP contribution in [0.2, 0.25) is 10.0 Å². The highest BCUT2D eigenvalue weighted by atomic mass is 35.5. The van der Waals surface area contributed by atoms with Crippen molar-refractivity contribution in [3.05, 3.63) is 89.2 Å². The predicted octanol–water partition coefficient (Wildman–Crippen LogP) is 4.16. The first kappa shape index (κ1) is 46.3. The Morgan fingerprint density at radius 1 is 1.16 bits per heavy atom. The number of benzene rings is 2. The summed E-state index contributed by atoms with van der Waals surface area (Å²) in [7, 11) is -2.00. The van der Waals surface area contributed by atoms with Crippen LogP contribution in [0.5, 0.6) is 17.2 Å². The summed E-state index contributed by atoms with van der Waals surface area (Å²) in [5, 5.41) is 46.8. The molecule has 4 rings (SSSR count). The summed E-state index contributed by atoms with van der Waals surface area (Å²) in [5.74, 6) is -2.06. The molecule has 0 bridgehead atoms. The molecule has 2 heterocycles. The minimum Gasteiger partial charge on any atom is -0.508 e. The number of carbonyl (C=O) groups is 1. The number of H-pyrrole nitrogens is 1. The van der Waals surface area contributed by atoms with E-state index in [0.717, 1.165) is 17.0 Å². The Kier molecular flexibility index (Phi) is 16.8. The molecule has 3 unspecified atom stereocenters. The Hall–Kier alpha value is -4.43. The van der Waals surface area contributed by atoms with Crippen LogP contribution >= 0.6 is 31.0 Å². The number of amides is 1. The molecular formula is C36H45Cl2N4O15P. The zero-order chi connectivity index (χ0) is 42.7. The van der Waals surface area contributed by atoms with Crippen molar-refractivity contribution in [2.75, 3.05) is 40.6 Å². The fourth-order valence-electron chi connectivity index (χ4n) is 5.84. The van der Waals surface area contributed by atoms with Gasteiger partial charge in [0.2, 0.25) is 0 Å².